The maximum Gasteiger partial charge on any atom is 0.335 e. The number of carbonyl (C=O) groups is 1. The van der Waals surface area contributed by atoms with Crippen LogP contribution in [0.1, 0.15) is 37.8 Å². The number of anilines is 1. The molecule has 0 fully saturated rings. The molecule has 0 atom stereocenters. The van der Waals surface area contributed by atoms with Crippen LogP contribution in [0, 0.1) is 5.82 Å². The zero-order valence-electron chi connectivity index (χ0n) is 18.7. The van der Waals surface area contributed by atoms with Gasteiger partial charge in [-0.05, 0) is 60.9 Å². The van der Waals surface area contributed by atoms with Gasteiger partial charge in [0, 0.05) is 36.1 Å². The number of carbonyl (C=O) groups excluding carboxylic acids is 1. The van der Waals surface area contributed by atoms with E-state index in [1.165, 1.54) is 18.2 Å². The third-order valence-electron chi connectivity index (χ3n) is 5.81. The largest absolute Gasteiger partial charge is 0.335 e. The average molecular weight is 471 g/mol. The maximum absolute atomic E-state index is 13.2. The molecule has 0 aliphatic heterocycles. The number of hydrogen-bond donors (Lipinski definition) is 3. The van der Waals surface area contributed by atoms with Crippen molar-refractivity contribution in [2.45, 2.75) is 31.8 Å². The SMILES string of the molecule is CCC(CC)(c1ccc(NC(=O)C=Cc2cn(C)nc2-c2ccc(F)cc2)cc1)P(=O)(O)O. The van der Waals surface area contributed by atoms with Crippen molar-refractivity contribution in [3.8, 4) is 11.3 Å². The minimum atomic E-state index is -4.37. The van der Waals surface area contributed by atoms with Crippen molar-refractivity contribution in [3.63, 3.8) is 0 Å². The van der Waals surface area contributed by atoms with Gasteiger partial charge >= 0.3 is 7.60 Å². The Morgan fingerprint density at radius 3 is 2.27 bits per heavy atom. The fraction of sp³-hybridized carbons (Fsp3) is 0.250. The van der Waals surface area contributed by atoms with Gasteiger partial charge in [-0.15, -0.1) is 0 Å². The smallest absolute Gasteiger partial charge is 0.324 e. The second-order valence-electron chi connectivity index (χ2n) is 7.80. The summed E-state index contributed by atoms with van der Waals surface area (Å²) >= 11 is 0. The number of hydrogen-bond acceptors (Lipinski definition) is 3. The number of amides is 1. The second-order valence-corrected chi connectivity index (χ2v) is 9.74. The number of nitrogens with one attached hydrogen (secondary N) is 1. The summed E-state index contributed by atoms with van der Waals surface area (Å²) in [6, 6.07) is 12.5. The predicted octanol–water partition coefficient (Wildman–Crippen LogP) is 5.07. The third kappa shape index (κ3) is 5.30. The predicted molar refractivity (Wildman–Crippen MR) is 127 cm³/mol. The Hall–Kier alpha value is -3.06. The molecule has 0 bridgehead atoms. The van der Waals surface area contributed by atoms with Crippen LogP contribution in [0.3, 0.4) is 0 Å². The van der Waals surface area contributed by atoms with Gasteiger partial charge in [0.2, 0.25) is 5.91 Å². The van der Waals surface area contributed by atoms with E-state index < -0.39 is 12.8 Å². The van der Waals surface area contributed by atoms with Crippen molar-refractivity contribution in [1.29, 1.82) is 0 Å². The lowest BCUT2D eigenvalue weighted by atomic mass is 9.92. The first-order valence-corrected chi connectivity index (χ1v) is 12.2. The topological polar surface area (TPSA) is 104 Å². The fourth-order valence-corrected chi connectivity index (χ4v) is 5.22. The Kier molecular flexibility index (Phi) is 7.32. The Labute approximate surface area is 192 Å². The van der Waals surface area contributed by atoms with Crippen molar-refractivity contribution in [2.75, 3.05) is 5.32 Å². The van der Waals surface area contributed by atoms with Crippen molar-refractivity contribution in [2.24, 2.45) is 7.05 Å². The van der Waals surface area contributed by atoms with E-state index in [0.717, 1.165) is 5.56 Å². The van der Waals surface area contributed by atoms with Crippen molar-refractivity contribution in [1.82, 2.24) is 9.78 Å². The first-order chi connectivity index (χ1) is 15.6. The fourth-order valence-electron chi connectivity index (χ4n) is 3.91. The summed E-state index contributed by atoms with van der Waals surface area (Å²) in [5.41, 5.74) is 3.10. The molecule has 3 aromatic rings. The first-order valence-electron chi connectivity index (χ1n) is 10.5. The molecule has 174 valence electrons. The first kappa shape index (κ1) is 24.6. The Morgan fingerprint density at radius 2 is 1.73 bits per heavy atom. The number of aryl methyl sites for hydroxylation is 1. The molecule has 0 spiro atoms. The maximum atomic E-state index is 13.2. The van der Waals surface area contributed by atoms with Crippen LogP contribution in [-0.4, -0.2) is 25.5 Å². The van der Waals surface area contributed by atoms with Gasteiger partial charge in [-0.2, -0.15) is 5.10 Å². The molecule has 1 heterocycles. The molecular formula is C24H27FN3O4P. The molecule has 1 amide bonds. The number of benzene rings is 2. The minimum Gasteiger partial charge on any atom is -0.324 e. The summed E-state index contributed by atoms with van der Waals surface area (Å²) in [6.45, 7) is 3.50. The molecule has 0 aliphatic carbocycles. The molecule has 3 rings (SSSR count). The quantitative estimate of drug-likeness (QED) is 0.314. The van der Waals surface area contributed by atoms with E-state index in [1.807, 2.05) is 0 Å². The monoisotopic (exact) mass is 471 g/mol. The molecule has 33 heavy (non-hydrogen) atoms. The van der Waals surface area contributed by atoms with Crippen LogP contribution in [0.2, 0.25) is 0 Å². The van der Waals surface area contributed by atoms with Gasteiger partial charge in [0.25, 0.3) is 0 Å². The zero-order chi connectivity index (χ0) is 24.2. The van der Waals surface area contributed by atoms with Gasteiger partial charge in [-0.3, -0.25) is 14.0 Å². The lowest BCUT2D eigenvalue weighted by Gasteiger charge is -2.33. The summed E-state index contributed by atoms with van der Waals surface area (Å²) in [5.74, 6) is -0.711. The molecule has 0 radical (unpaired) electrons. The molecule has 1 aromatic heterocycles. The molecule has 2 aromatic carbocycles. The van der Waals surface area contributed by atoms with Crippen LogP contribution in [0.5, 0.6) is 0 Å². The summed E-state index contributed by atoms with van der Waals surface area (Å²) < 4.78 is 27.0. The van der Waals surface area contributed by atoms with Gasteiger partial charge in [0.15, 0.2) is 0 Å². The molecule has 0 unspecified atom stereocenters. The standard InChI is InChI=1S/C24H27FN3O4P/c1-4-24(5-2,33(30,31)32)19-9-13-21(14-10-19)26-22(29)15-8-18-16-28(3)27-23(18)17-6-11-20(25)12-7-17/h6-16H,4-5H2,1-3H3,(H,26,29)(H2,30,31,32). The number of aromatic nitrogens is 2. The van der Waals surface area contributed by atoms with Gasteiger partial charge in [0.1, 0.15) is 5.82 Å². The summed E-state index contributed by atoms with van der Waals surface area (Å²) in [4.78, 5) is 32.2. The summed E-state index contributed by atoms with van der Waals surface area (Å²) in [5, 5.41) is 5.89. The molecule has 0 saturated heterocycles. The summed E-state index contributed by atoms with van der Waals surface area (Å²) in [7, 11) is -2.61. The van der Waals surface area contributed by atoms with Crippen LogP contribution < -0.4 is 5.32 Å². The Bertz CT molecular complexity index is 1190. The number of halogens is 1. The van der Waals surface area contributed by atoms with E-state index in [-0.39, 0.29) is 11.7 Å². The van der Waals surface area contributed by atoms with E-state index in [4.69, 9.17) is 0 Å². The van der Waals surface area contributed by atoms with Crippen LogP contribution in [-0.2, 0) is 21.6 Å². The zero-order valence-corrected chi connectivity index (χ0v) is 19.6. The van der Waals surface area contributed by atoms with Crippen molar-refractivity contribution >= 4 is 25.3 Å². The van der Waals surface area contributed by atoms with E-state index in [9.17, 15) is 23.5 Å². The van der Waals surface area contributed by atoms with E-state index in [0.29, 0.717) is 35.3 Å². The molecule has 7 nitrogen and oxygen atoms in total. The van der Waals surface area contributed by atoms with Crippen LogP contribution >= 0.6 is 7.60 Å². The highest BCUT2D eigenvalue weighted by Gasteiger charge is 2.45. The minimum absolute atomic E-state index is 0.295. The molecular weight excluding hydrogens is 444 g/mol. The molecule has 0 aliphatic rings. The lowest BCUT2D eigenvalue weighted by molar-refractivity contribution is -0.111. The average Bonchev–Trinajstić information content (AvgIpc) is 3.14. The highest BCUT2D eigenvalue weighted by atomic mass is 31.2. The van der Waals surface area contributed by atoms with Crippen LogP contribution in [0.4, 0.5) is 10.1 Å². The van der Waals surface area contributed by atoms with Crippen LogP contribution in [0.25, 0.3) is 17.3 Å². The Morgan fingerprint density at radius 1 is 1.12 bits per heavy atom. The highest BCUT2D eigenvalue weighted by molar-refractivity contribution is 7.53. The van der Waals surface area contributed by atoms with Gasteiger partial charge in [-0.25, -0.2) is 4.39 Å². The number of rotatable bonds is 8. The van der Waals surface area contributed by atoms with E-state index >= 15 is 0 Å². The van der Waals surface area contributed by atoms with Crippen molar-refractivity contribution in [3.05, 3.63) is 77.7 Å². The van der Waals surface area contributed by atoms with Gasteiger partial charge < -0.3 is 15.1 Å². The van der Waals surface area contributed by atoms with E-state index in [1.54, 1.807) is 74.2 Å². The number of nitrogens with zero attached hydrogens (tertiary/aromatic N) is 2. The molecule has 3 N–H and O–H groups in total. The normalized spacial score (nSPS) is 12.3. The second kappa shape index (κ2) is 9.83. The highest BCUT2D eigenvalue weighted by Crippen LogP contribution is 2.60. The Balaban J connectivity index is 1.76. The lowest BCUT2D eigenvalue weighted by Crippen LogP contribution is -2.24. The van der Waals surface area contributed by atoms with Gasteiger partial charge in [0.05, 0.1) is 10.9 Å². The van der Waals surface area contributed by atoms with E-state index in [2.05, 4.69) is 10.4 Å². The third-order valence-corrected chi connectivity index (χ3v) is 7.81. The molecule has 9 heteroatoms. The summed E-state index contributed by atoms with van der Waals surface area (Å²) in [6.07, 6.45) is 5.35. The van der Waals surface area contributed by atoms with Gasteiger partial charge in [-0.1, -0.05) is 26.0 Å². The van der Waals surface area contributed by atoms with Crippen LogP contribution in [0.15, 0.2) is 60.8 Å². The van der Waals surface area contributed by atoms with Crippen molar-refractivity contribution < 1.29 is 23.5 Å². The molecule has 0 saturated carbocycles.